The zero-order valence-corrected chi connectivity index (χ0v) is 27.3. The highest BCUT2D eigenvalue weighted by molar-refractivity contribution is 6.38. The molecule has 0 bridgehead atoms. The Balaban J connectivity index is 1.38. The molecule has 0 saturated carbocycles. The standard InChI is InChI=1S/C35H44Cl2N4O3/c1-3-41(4-2)34(43)20-29-19-28(23-39-24-29)15-12-18-44-17-11-6-5-10-16-40(25-27-13-8-7-9-14-27)26-33(42)30-21-31(36)35(38)32(37)22-30/h7-9,13-14,19,21-24,33,42H,3-6,10-11,16-18,20,25-26,38H2,1-2H3. The Labute approximate surface area is 272 Å². The molecule has 0 spiro atoms. The van der Waals surface area contributed by atoms with Crippen molar-refractivity contribution in [1.82, 2.24) is 14.8 Å². The molecule has 3 rings (SSSR count). The maximum atomic E-state index is 12.4. The highest BCUT2D eigenvalue weighted by atomic mass is 35.5. The number of pyridine rings is 1. The van der Waals surface area contributed by atoms with Crippen LogP contribution >= 0.6 is 23.2 Å². The number of aliphatic hydroxyl groups is 1. The van der Waals surface area contributed by atoms with Gasteiger partial charge in [0.2, 0.25) is 5.91 Å². The SMILES string of the molecule is CCN(CC)C(=O)Cc1cncc(C#CCOCCCCCCN(Cc2ccccc2)CC(O)c2cc(Cl)c(N)c(Cl)c2)c1. The number of anilines is 1. The van der Waals surface area contributed by atoms with E-state index in [0.717, 1.165) is 49.9 Å². The van der Waals surface area contributed by atoms with Crippen molar-refractivity contribution >= 4 is 34.8 Å². The van der Waals surface area contributed by atoms with Crippen LogP contribution in [0.5, 0.6) is 0 Å². The van der Waals surface area contributed by atoms with E-state index < -0.39 is 6.10 Å². The minimum Gasteiger partial charge on any atom is -0.396 e. The number of aliphatic hydroxyl groups excluding tert-OH is 1. The number of nitrogens with two attached hydrogens (primary N) is 1. The number of carbonyl (C=O) groups excluding carboxylic acids is 1. The lowest BCUT2D eigenvalue weighted by atomic mass is 10.1. The molecule has 1 atom stereocenters. The van der Waals surface area contributed by atoms with Crippen LogP contribution in [-0.4, -0.2) is 65.2 Å². The number of nitrogens with zero attached hydrogens (tertiary/aromatic N) is 3. The normalized spacial score (nSPS) is 11.7. The Morgan fingerprint density at radius 2 is 1.70 bits per heavy atom. The summed E-state index contributed by atoms with van der Waals surface area (Å²) < 4.78 is 5.72. The van der Waals surface area contributed by atoms with E-state index in [0.29, 0.717) is 60.6 Å². The predicted octanol–water partition coefficient (Wildman–Crippen LogP) is 6.55. The summed E-state index contributed by atoms with van der Waals surface area (Å²) in [5.74, 6) is 6.23. The summed E-state index contributed by atoms with van der Waals surface area (Å²) in [6.45, 7) is 8.41. The van der Waals surface area contributed by atoms with Gasteiger partial charge in [-0.3, -0.25) is 14.7 Å². The van der Waals surface area contributed by atoms with E-state index in [9.17, 15) is 9.90 Å². The van der Waals surface area contributed by atoms with Crippen molar-refractivity contribution in [2.24, 2.45) is 0 Å². The van der Waals surface area contributed by atoms with Gasteiger partial charge in [-0.2, -0.15) is 0 Å². The molecule has 0 radical (unpaired) electrons. The quantitative estimate of drug-likeness (QED) is 0.0990. The zero-order chi connectivity index (χ0) is 31.7. The molecule has 0 saturated heterocycles. The van der Waals surface area contributed by atoms with Crippen molar-refractivity contribution < 1.29 is 14.6 Å². The van der Waals surface area contributed by atoms with E-state index >= 15 is 0 Å². The molecular weight excluding hydrogens is 595 g/mol. The molecule has 236 valence electrons. The number of rotatable bonds is 17. The Morgan fingerprint density at radius 3 is 2.41 bits per heavy atom. The number of amides is 1. The van der Waals surface area contributed by atoms with Gasteiger partial charge in [-0.25, -0.2) is 0 Å². The number of hydrogen-bond acceptors (Lipinski definition) is 6. The van der Waals surface area contributed by atoms with Gasteiger partial charge in [0, 0.05) is 50.7 Å². The molecule has 7 nitrogen and oxygen atoms in total. The molecule has 3 aromatic rings. The maximum absolute atomic E-state index is 12.4. The lowest BCUT2D eigenvalue weighted by molar-refractivity contribution is -0.130. The summed E-state index contributed by atoms with van der Waals surface area (Å²) in [5.41, 5.74) is 9.69. The third-order valence-electron chi connectivity index (χ3n) is 7.35. The number of benzene rings is 2. The van der Waals surface area contributed by atoms with Gasteiger partial charge in [0.15, 0.2) is 0 Å². The van der Waals surface area contributed by atoms with Gasteiger partial charge in [-0.15, -0.1) is 0 Å². The Morgan fingerprint density at radius 1 is 1.00 bits per heavy atom. The first-order valence-electron chi connectivity index (χ1n) is 15.3. The van der Waals surface area contributed by atoms with Crippen LogP contribution < -0.4 is 5.73 Å². The first-order valence-corrected chi connectivity index (χ1v) is 16.0. The van der Waals surface area contributed by atoms with Crippen molar-refractivity contribution in [1.29, 1.82) is 0 Å². The van der Waals surface area contributed by atoms with E-state index in [1.165, 1.54) is 5.56 Å². The molecule has 9 heteroatoms. The lowest BCUT2D eigenvalue weighted by Crippen LogP contribution is -2.31. The number of likely N-dealkylation sites (N-methyl/N-ethyl adjacent to an activating group) is 1. The fourth-order valence-electron chi connectivity index (χ4n) is 4.89. The van der Waals surface area contributed by atoms with Gasteiger partial charge < -0.3 is 20.5 Å². The Bertz CT molecular complexity index is 1350. The van der Waals surface area contributed by atoms with Gasteiger partial charge in [0.1, 0.15) is 6.61 Å². The molecule has 0 fully saturated rings. The Hall–Kier alpha value is -3.12. The smallest absolute Gasteiger partial charge is 0.227 e. The molecule has 2 aromatic carbocycles. The summed E-state index contributed by atoms with van der Waals surface area (Å²) in [4.78, 5) is 20.7. The van der Waals surface area contributed by atoms with Crippen molar-refractivity contribution in [2.75, 3.05) is 45.1 Å². The molecule has 0 aliphatic heterocycles. The first kappa shape index (κ1) is 35.4. The molecule has 44 heavy (non-hydrogen) atoms. The largest absolute Gasteiger partial charge is 0.396 e. The van der Waals surface area contributed by atoms with Crippen LogP contribution in [0.15, 0.2) is 60.9 Å². The highest BCUT2D eigenvalue weighted by Crippen LogP contribution is 2.31. The average Bonchev–Trinajstić information content (AvgIpc) is 3.01. The highest BCUT2D eigenvalue weighted by Gasteiger charge is 2.17. The van der Waals surface area contributed by atoms with Crippen molar-refractivity contribution in [3.05, 3.63) is 93.2 Å². The molecule has 3 N–H and O–H groups in total. The second kappa shape index (κ2) is 19.3. The van der Waals surface area contributed by atoms with Gasteiger partial charge in [-0.05, 0) is 68.1 Å². The van der Waals surface area contributed by atoms with Crippen LogP contribution in [0.2, 0.25) is 10.0 Å². The molecule has 1 unspecified atom stereocenters. The van der Waals surface area contributed by atoms with Crippen LogP contribution in [-0.2, 0) is 22.5 Å². The maximum Gasteiger partial charge on any atom is 0.227 e. The van der Waals surface area contributed by atoms with Crippen LogP contribution in [0.1, 0.15) is 67.9 Å². The number of ether oxygens (including phenoxy) is 1. The summed E-state index contributed by atoms with van der Waals surface area (Å²) in [6, 6.07) is 15.5. The van der Waals surface area contributed by atoms with Gasteiger partial charge >= 0.3 is 0 Å². The number of hydrogen-bond donors (Lipinski definition) is 2. The second-order valence-corrected chi connectivity index (χ2v) is 11.5. The third-order valence-corrected chi connectivity index (χ3v) is 7.98. The minimum atomic E-state index is -0.739. The predicted molar refractivity (Wildman–Crippen MR) is 180 cm³/mol. The van der Waals surface area contributed by atoms with Crippen molar-refractivity contribution in [3.8, 4) is 11.8 Å². The number of aromatic nitrogens is 1. The van der Waals surface area contributed by atoms with Gasteiger partial charge in [0.25, 0.3) is 0 Å². The molecule has 0 aliphatic rings. The first-order chi connectivity index (χ1) is 21.3. The average molecular weight is 640 g/mol. The number of nitrogen functional groups attached to an aromatic ring is 1. The van der Waals surface area contributed by atoms with Gasteiger partial charge in [-0.1, -0.05) is 78.2 Å². The monoisotopic (exact) mass is 638 g/mol. The summed E-state index contributed by atoms with van der Waals surface area (Å²) in [7, 11) is 0. The fraction of sp³-hybridized carbons (Fsp3) is 0.429. The van der Waals surface area contributed by atoms with E-state index in [4.69, 9.17) is 33.7 Å². The lowest BCUT2D eigenvalue weighted by Gasteiger charge is -2.26. The fourth-order valence-corrected chi connectivity index (χ4v) is 5.40. The minimum absolute atomic E-state index is 0.0978. The van der Waals surface area contributed by atoms with Crippen molar-refractivity contribution in [2.45, 2.75) is 58.6 Å². The molecule has 1 aromatic heterocycles. The van der Waals surface area contributed by atoms with Crippen LogP contribution in [0.3, 0.4) is 0 Å². The summed E-state index contributed by atoms with van der Waals surface area (Å²) >= 11 is 12.4. The number of unbranched alkanes of at least 4 members (excludes halogenated alkanes) is 3. The van der Waals surface area contributed by atoms with E-state index in [1.807, 2.05) is 43.0 Å². The van der Waals surface area contributed by atoms with Crippen LogP contribution in [0.4, 0.5) is 5.69 Å². The topological polar surface area (TPSA) is 91.9 Å². The van der Waals surface area contributed by atoms with Crippen LogP contribution in [0, 0.1) is 11.8 Å². The molecule has 1 amide bonds. The third kappa shape index (κ3) is 12.1. The van der Waals surface area contributed by atoms with E-state index in [-0.39, 0.29) is 5.91 Å². The molecular formula is C35H44Cl2N4O3. The van der Waals surface area contributed by atoms with E-state index in [2.05, 4.69) is 33.9 Å². The number of carbonyl (C=O) groups is 1. The molecule has 0 aliphatic carbocycles. The number of halogens is 2. The van der Waals surface area contributed by atoms with Gasteiger partial charge in [0.05, 0.1) is 28.3 Å². The van der Waals surface area contributed by atoms with E-state index in [1.54, 1.807) is 24.5 Å². The summed E-state index contributed by atoms with van der Waals surface area (Å²) in [6.07, 6.45) is 7.08. The Kier molecular flexibility index (Phi) is 15.5. The summed E-state index contributed by atoms with van der Waals surface area (Å²) in [5, 5.41) is 11.7. The van der Waals surface area contributed by atoms with Crippen molar-refractivity contribution in [3.63, 3.8) is 0 Å². The second-order valence-electron chi connectivity index (χ2n) is 10.7. The molecule has 1 heterocycles. The van der Waals surface area contributed by atoms with Crippen LogP contribution in [0.25, 0.3) is 0 Å². The zero-order valence-electron chi connectivity index (χ0n) is 25.8.